The standard InChI is InChI=1S/C24H18ClN3/c1-15-8-7-11-17-14-19(23(25)27-21(15)17)24-26-20-13-6-5-12-18(20)22(28-24)16-9-3-2-4-10-16/h2-14,24,26H,1H3. The third kappa shape index (κ3) is 2.85. The summed E-state index contributed by atoms with van der Waals surface area (Å²) in [5, 5.41) is 5.07. The Labute approximate surface area is 168 Å². The van der Waals surface area contributed by atoms with Crippen LogP contribution in [-0.4, -0.2) is 10.7 Å². The van der Waals surface area contributed by atoms with Gasteiger partial charge in [-0.25, -0.2) is 4.98 Å². The number of nitrogens with zero attached hydrogens (tertiary/aromatic N) is 2. The van der Waals surface area contributed by atoms with Gasteiger partial charge in [-0.1, -0.05) is 78.3 Å². The maximum Gasteiger partial charge on any atom is 0.148 e. The minimum absolute atomic E-state index is 0.296. The number of aliphatic imine (C=N–C) groups is 1. The van der Waals surface area contributed by atoms with E-state index in [1.54, 1.807) is 0 Å². The molecule has 4 heteroatoms. The molecule has 28 heavy (non-hydrogen) atoms. The van der Waals surface area contributed by atoms with E-state index < -0.39 is 0 Å². The van der Waals surface area contributed by atoms with Crippen LogP contribution in [0.5, 0.6) is 0 Å². The molecular formula is C24H18ClN3. The van der Waals surface area contributed by atoms with Gasteiger partial charge >= 0.3 is 0 Å². The molecule has 1 atom stereocenters. The predicted octanol–water partition coefficient (Wildman–Crippen LogP) is 6.16. The van der Waals surface area contributed by atoms with Crippen LogP contribution in [0, 0.1) is 6.92 Å². The minimum atomic E-state index is -0.296. The fourth-order valence-corrected chi connectivity index (χ4v) is 3.94. The van der Waals surface area contributed by atoms with Crippen LogP contribution in [0.25, 0.3) is 10.9 Å². The third-order valence-electron chi connectivity index (χ3n) is 5.10. The molecule has 0 saturated heterocycles. The highest BCUT2D eigenvalue weighted by atomic mass is 35.5. The van der Waals surface area contributed by atoms with Gasteiger partial charge in [-0.05, 0) is 24.6 Å². The van der Waals surface area contributed by atoms with Gasteiger partial charge in [-0.15, -0.1) is 0 Å². The first-order valence-corrected chi connectivity index (χ1v) is 9.63. The SMILES string of the molecule is Cc1cccc2cc(C3N=C(c4ccccc4)c4ccccc4N3)c(Cl)nc12. The summed E-state index contributed by atoms with van der Waals surface area (Å²) in [5.74, 6) is 0. The fraction of sp³-hybridized carbons (Fsp3) is 0.0833. The third-order valence-corrected chi connectivity index (χ3v) is 5.41. The lowest BCUT2D eigenvalue weighted by atomic mass is 9.97. The molecule has 136 valence electrons. The number of hydrogen-bond donors (Lipinski definition) is 1. The molecule has 1 aliphatic rings. The van der Waals surface area contributed by atoms with Gasteiger partial charge in [-0.3, -0.25) is 4.99 Å². The summed E-state index contributed by atoms with van der Waals surface area (Å²) in [4.78, 5) is 9.70. The van der Waals surface area contributed by atoms with Crippen LogP contribution >= 0.6 is 11.6 Å². The van der Waals surface area contributed by atoms with Gasteiger partial charge in [-0.2, -0.15) is 0 Å². The second-order valence-electron chi connectivity index (χ2n) is 6.95. The summed E-state index contributed by atoms with van der Waals surface area (Å²) in [6.07, 6.45) is -0.296. The number of halogens is 1. The van der Waals surface area contributed by atoms with Crippen molar-refractivity contribution in [2.75, 3.05) is 5.32 Å². The molecule has 0 amide bonds. The maximum atomic E-state index is 6.61. The van der Waals surface area contributed by atoms with Gasteiger partial charge in [0.25, 0.3) is 0 Å². The quantitative estimate of drug-likeness (QED) is 0.421. The van der Waals surface area contributed by atoms with Gasteiger partial charge in [0.15, 0.2) is 0 Å². The number of aryl methyl sites for hydroxylation is 1. The lowest BCUT2D eigenvalue weighted by molar-refractivity contribution is 0.825. The van der Waals surface area contributed by atoms with Gasteiger partial charge in [0.2, 0.25) is 0 Å². The molecule has 0 fully saturated rings. The van der Waals surface area contributed by atoms with E-state index in [1.165, 1.54) is 0 Å². The van der Waals surface area contributed by atoms with E-state index in [0.29, 0.717) is 5.15 Å². The Hall–Kier alpha value is -3.17. The number of fused-ring (bicyclic) bond motifs is 2. The number of para-hydroxylation sites is 2. The van der Waals surface area contributed by atoms with Crippen molar-refractivity contribution in [3.8, 4) is 0 Å². The van der Waals surface area contributed by atoms with Crippen molar-refractivity contribution in [1.29, 1.82) is 0 Å². The van der Waals surface area contributed by atoms with Crippen molar-refractivity contribution in [1.82, 2.24) is 4.98 Å². The minimum Gasteiger partial charge on any atom is -0.359 e. The zero-order valence-electron chi connectivity index (χ0n) is 15.4. The first-order valence-electron chi connectivity index (χ1n) is 9.25. The van der Waals surface area contributed by atoms with E-state index in [4.69, 9.17) is 16.6 Å². The molecule has 1 unspecified atom stereocenters. The topological polar surface area (TPSA) is 37.3 Å². The molecule has 3 nitrogen and oxygen atoms in total. The first-order chi connectivity index (χ1) is 13.7. The van der Waals surface area contributed by atoms with Gasteiger partial charge in [0.1, 0.15) is 11.3 Å². The summed E-state index contributed by atoms with van der Waals surface area (Å²) in [7, 11) is 0. The number of nitrogens with one attached hydrogen (secondary N) is 1. The van der Waals surface area contributed by atoms with Crippen LogP contribution in [0.15, 0.2) is 83.9 Å². The Kier molecular flexibility index (Phi) is 4.10. The van der Waals surface area contributed by atoms with E-state index in [-0.39, 0.29) is 6.17 Å². The molecule has 0 spiro atoms. The highest BCUT2D eigenvalue weighted by molar-refractivity contribution is 6.30. The molecule has 1 aliphatic heterocycles. The summed E-state index contributed by atoms with van der Waals surface area (Å²) in [6.45, 7) is 2.05. The molecule has 4 aromatic rings. The summed E-state index contributed by atoms with van der Waals surface area (Å²) >= 11 is 6.61. The van der Waals surface area contributed by atoms with Crippen LogP contribution in [0.4, 0.5) is 5.69 Å². The lowest BCUT2D eigenvalue weighted by Crippen LogP contribution is -2.21. The van der Waals surface area contributed by atoms with Gasteiger partial charge in [0, 0.05) is 27.8 Å². The average molecular weight is 384 g/mol. The second-order valence-corrected chi connectivity index (χ2v) is 7.31. The Balaban J connectivity index is 1.69. The fourth-order valence-electron chi connectivity index (χ4n) is 3.70. The van der Waals surface area contributed by atoms with E-state index in [9.17, 15) is 0 Å². The number of rotatable bonds is 2. The average Bonchev–Trinajstić information content (AvgIpc) is 2.74. The van der Waals surface area contributed by atoms with Gasteiger partial charge in [0.05, 0.1) is 11.2 Å². The van der Waals surface area contributed by atoms with E-state index in [1.807, 2.05) is 49.4 Å². The summed E-state index contributed by atoms with van der Waals surface area (Å²) in [5.41, 5.74) is 7.10. The van der Waals surface area contributed by atoms with Crippen LogP contribution in [-0.2, 0) is 0 Å². The molecule has 2 heterocycles. The number of anilines is 1. The first kappa shape index (κ1) is 17.0. The van der Waals surface area contributed by atoms with Crippen molar-refractivity contribution >= 4 is 33.9 Å². The monoisotopic (exact) mass is 383 g/mol. The number of hydrogen-bond acceptors (Lipinski definition) is 3. The normalized spacial score (nSPS) is 15.6. The van der Waals surface area contributed by atoms with Crippen molar-refractivity contribution in [2.45, 2.75) is 13.1 Å². The number of pyridine rings is 1. The van der Waals surface area contributed by atoms with Crippen LogP contribution in [0.1, 0.15) is 28.4 Å². The molecule has 0 bridgehead atoms. The van der Waals surface area contributed by atoms with E-state index >= 15 is 0 Å². The molecule has 3 aromatic carbocycles. The largest absolute Gasteiger partial charge is 0.359 e. The Morgan fingerprint density at radius 3 is 2.54 bits per heavy atom. The number of benzene rings is 3. The molecule has 1 N–H and O–H groups in total. The Morgan fingerprint density at radius 1 is 0.893 bits per heavy atom. The van der Waals surface area contributed by atoms with E-state index in [2.05, 4.69) is 46.7 Å². The summed E-state index contributed by atoms with van der Waals surface area (Å²) in [6, 6.07) is 26.7. The van der Waals surface area contributed by atoms with Crippen LogP contribution in [0.3, 0.4) is 0 Å². The second kappa shape index (κ2) is 6.77. The zero-order chi connectivity index (χ0) is 19.1. The van der Waals surface area contributed by atoms with Crippen LogP contribution in [0.2, 0.25) is 5.15 Å². The van der Waals surface area contributed by atoms with Crippen molar-refractivity contribution in [3.63, 3.8) is 0 Å². The lowest BCUT2D eigenvalue weighted by Gasteiger charge is -2.26. The molecule has 0 saturated carbocycles. The molecular weight excluding hydrogens is 366 g/mol. The Bertz CT molecular complexity index is 1220. The van der Waals surface area contributed by atoms with Gasteiger partial charge < -0.3 is 5.32 Å². The molecule has 0 aliphatic carbocycles. The van der Waals surface area contributed by atoms with Crippen molar-refractivity contribution in [3.05, 3.63) is 106 Å². The maximum absolute atomic E-state index is 6.61. The van der Waals surface area contributed by atoms with Crippen LogP contribution < -0.4 is 5.32 Å². The molecule has 5 rings (SSSR count). The highest BCUT2D eigenvalue weighted by Crippen LogP contribution is 2.35. The molecule has 0 radical (unpaired) electrons. The smallest absolute Gasteiger partial charge is 0.148 e. The van der Waals surface area contributed by atoms with Crippen molar-refractivity contribution in [2.24, 2.45) is 4.99 Å². The molecule has 1 aromatic heterocycles. The van der Waals surface area contributed by atoms with Crippen molar-refractivity contribution < 1.29 is 0 Å². The summed E-state index contributed by atoms with van der Waals surface area (Å²) < 4.78 is 0. The van der Waals surface area contributed by atoms with E-state index in [0.717, 1.165) is 44.6 Å². The number of aromatic nitrogens is 1. The Morgan fingerprint density at radius 2 is 1.68 bits per heavy atom. The zero-order valence-corrected chi connectivity index (χ0v) is 16.1. The highest BCUT2D eigenvalue weighted by Gasteiger charge is 2.24. The predicted molar refractivity (Wildman–Crippen MR) is 116 cm³/mol.